The Labute approximate surface area is 156 Å². The lowest BCUT2D eigenvalue weighted by atomic mass is 10.0. The van der Waals surface area contributed by atoms with Gasteiger partial charge in [-0.1, -0.05) is 42.5 Å². The van der Waals surface area contributed by atoms with Crippen molar-refractivity contribution >= 4 is 16.9 Å². The van der Waals surface area contributed by atoms with Gasteiger partial charge in [0.1, 0.15) is 12.4 Å². The van der Waals surface area contributed by atoms with Crippen molar-refractivity contribution in [1.82, 2.24) is 10.2 Å². The number of aromatic amines is 1. The molecule has 5 heteroatoms. The van der Waals surface area contributed by atoms with E-state index in [2.05, 4.69) is 10.2 Å². The molecule has 5 nitrogen and oxygen atoms in total. The van der Waals surface area contributed by atoms with Gasteiger partial charge < -0.3 is 9.47 Å². The smallest absolute Gasteiger partial charge is 0.340 e. The lowest BCUT2D eigenvalue weighted by Crippen LogP contribution is -2.02. The van der Waals surface area contributed by atoms with Gasteiger partial charge in [0.25, 0.3) is 0 Å². The summed E-state index contributed by atoms with van der Waals surface area (Å²) < 4.78 is 10.7. The number of hydrogen-bond donors (Lipinski definition) is 1. The predicted octanol–water partition coefficient (Wildman–Crippen LogP) is 4.60. The number of benzene rings is 3. The summed E-state index contributed by atoms with van der Waals surface area (Å²) in [5.74, 6) is 0.397. The first kappa shape index (κ1) is 16.8. The fraction of sp³-hybridized carbons (Fsp3) is 0.0909. The number of methoxy groups -OCH3 is 1. The van der Waals surface area contributed by atoms with Crippen molar-refractivity contribution in [2.75, 3.05) is 7.11 Å². The van der Waals surface area contributed by atoms with Crippen molar-refractivity contribution in [1.29, 1.82) is 0 Å². The van der Waals surface area contributed by atoms with E-state index in [1.165, 1.54) is 7.11 Å². The molecule has 0 radical (unpaired) electrons. The van der Waals surface area contributed by atoms with Crippen LogP contribution in [0.3, 0.4) is 0 Å². The zero-order chi connectivity index (χ0) is 18.6. The number of hydrogen-bond acceptors (Lipinski definition) is 4. The lowest BCUT2D eigenvalue weighted by Gasteiger charge is -2.09. The van der Waals surface area contributed by atoms with E-state index in [0.29, 0.717) is 17.7 Å². The van der Waals surface area contributed by atoms with Crippen LogP contribution in [0.2, 0.25) is 0 Å². The third kappa shape index (κ3) is 3.53. The molecule has 4 rings (SSSR count). The maximum absolute atomic E-state index is 12.1. The van der Waals surface area contributed by atoms with Crippen LogP contribution in [0.15, 0.2) is 72.9 Å². The molecule has 0 aliphatic carbocycles. The van der Waals surface area contributed by atoms with Gasteiger partial charge in [0.05, 0.1) is 24.4 Å². The summed E-state index contributed by atoms with van der Waals surface area (Å²) in [5.41, 5.74) is 4.16. The highest BCUT2D eigenvalue weighted by Gasteiger charge is 2.14. The van der Waals surface area contributed by atoms with E-state index >= 15 is 0 Å². The monoisotopic (exact) mass is 358 g/mol. The maximum Gasteiger partial charge on any atom is 0.340 e. The number of ether oxygens (including phenoxy) is 2. The van der Waals surface area contributed by atoms with Crippen molar-refractivity contribution in [3.8, 4) is 16.9 Å². The number of nitrogens with one attached hydrogen (secondary N) is 1. The number of esters is 1. The zero-order valence-corrected chi connectivity index (χ0v) is 14.8. The number of rotatable bonds is 5. The third-order valence-corrected chi connectivity index (χ3v) is 4.39. The molecular formula is C22H18N2O3. The number of nitrogens with zero attached hydrogens (tertiary/aromatic N) is 1. The molecule has 1 heterocycles. The summed E-state index contributed by atoms with van der Waals surface area (Å²) in [6.07, 6.45) is 1.70. The van der Waals surface area contributed by atoms with Gasteiger partial charge >= 0.3 is 5.97 Å². The molecule has 0 bridgehead atoms. The van der Waals surface area contributed by atoms with Crippen molar-refractivity contribution in [2.24, 2.45) is 0 Å². The second kappa shape index (κ2) is 7.33. The first-order valence-electron chi connectivity index (χ1n) is 8.57. The van der Waals surface area contributed by atoms with Crippen LogP contribution in [-0.2, 0) is 11.3 Å². The zero-order valence-electron chi connectivity index (χ0n) is 14.8. The SMILES string of the molecule is COC(=O)c1cc(-c2ccc(OCc3ccccc3)cc2)cc2cn[nH]c12. The molecule has 0 saturated heterocycles. The molecule has 27 heavy (non-hydrogen) atoms. The Morgan fingerprint density at radius 2 is 1.78 bits per heavy atom. The average Bonchev–Trinajstić information content (AvgIpc) is 3.21. The Morgan fingerprint density at radius 1 is 1.00 bits per heavy atom. The average molecular weight is 358 g/mol. The van der Waals surface area contributed by atoms with E-state index < -0.39 is 5.97 Å². The van der Waals surface area contributed by atoms with Gasteiger partial charge in [-0.05, 0) is 41.0 Å². The van der Waals surface area contributed by atoms with Crippen molar-refractivity contribution in [2.45, 2.75) is 6.61 Å². The molecule has 0 atom stereocenters. The largest absolute Gasteiger partial charge is 0.489 e. The molecule has 0 spiro atoms. The minimum Gasteiger partial charge on any atom is -0.489 e. The van der Waals surface area contributed by atoms with E-state index in [-0.39, 0.29) is 0 Å². The van der Waals surface area contributed by atoms with Crippen LogP contribution in [0.1, 0.15) is 15.9 Å². The van der Waals surface area contributed by atoms with Crippen LogP contribution >= 0.6 is 0 Å². The van der Waals surface area contributed by atoms with Crippen LogP contribution in [-0.4, -0.2) is 23.3 Å². The standard InChI is InChI=1S/C22H18N2O3/c1-26-22(25)20-12-17(11-18-13-23-24-21(18)20)16-7-9-19(10-8-16)27-14-15-5-3-2-4-6-15/h2-13H,14H2,1H3,(H,23,24). The van der Waals surface area contributed by atoms with Gasteiger partial charge in [-0.15, -0.1) is 0 Å². The third-order valence-electron chi connectivity index (χ3n) is 4.39. The Kier molecular flexibility index (Phi) is 4.58. The van der Waals surface area contributed by atoms with E-state index in [9.17, 15) is 4.79 Å². The van der Waals surface area contributed by atoms with Crippen LogP contribution in [0, 0.1) is 0 Å². The molecule has 0 fully saturated rings. The van der Waals surface area contributed by atoms with Crippen LogP contribution in [0.25, 0.3) is 22.0 Å². The van der Waals surface area contributed by atoms with Gasteiger partial charge in [0, 0.05) is 5.39 Å². The molecule has 0 aliphatic rings. The number of fused-ring (bicyclic) bond motifs is 1. The summed E-state index contributed by atoms with van der Waals surface area (Å²) in [7, 11) is 1.37. The summed E-state index contributed by atoms with van der Waals surface area (Å²) >= 11 is 0. The van der Waals surface area contributed by atoms with Gasteiger partial charge in [-0.25, -0.2) is 4.79 Å². The van der Waals surface area contributed by atoms with E-state index in [1.807, 2.05) is 66.7 Å². The first-order chi connectivity index (χ1) is 13.2. The Morgan fingerprint density at radius 3 is 2.52 bits per heavy atom. The number of aromatic nitrogens is 2. The normalized spacial score (nSPS) is 10.7. The van der Waals surface area contributed by atoms with Crippen molar-refractivity contribution in [3.05, 3.63) is 84.1 Å². The minimum atomic E-state index is -0.395. The fourth-order valence-corrected chi connectivity index (χ4v) is 2.98. The van der Waals surface area contributed by atoms with E-state index in [1.54, 1.807) is 6.20 Å². The van der Waals surface area contributed by atoms with Crippen LogP contribution in [0.5, 0.6) is 5.75 Å². The van der Waals surface area contributed by atoms with Crippen LogP contribution in [0.4, 0.5) is 0 Å². The van der Waals surface area contributed by atoms with E-state index in [0.717, 1.165) is 27.8 Å². The highest BCUT2D eigenvalue weighted by atomic mass is 16.5. The van der Waals surface area contributed by atoms with Gasteiger partial charge in [-0.3, -0.25) is 5.10 Å². The molecule has 1 aromatic heterocycles. The fourth-order valence-electron chi connectivity index (χ4n) is 2.98. The lowest BCUT2D eigenvalue weighted by molar-refractivity contribution is 0.0603. The molecule has 134 valence electrons. The first-order valence-corrected chi connectivity index (χ1v) is 8.57. The topological polar surface area (TPSA) is 64.2 Å². The van der Waals surface area contributed by atoms with Crippen molar-refractivity contribution in [3.63, 3.8) is 0 Å². The molecule has 0 unspecified atom stereocenters. The molecule has 0 aliphatic heterocycles. The molecule has 0 saturated carbocycles. The quantitative estimate of drug-likeness (QED) is 0.530. The molecule has 0 amide bonds. The molecular weight excluding hydrogens is 340 g/mol. The number of H-pyrrole nitrogens is 1. The molecule has 1 N–H and O–H groups in total. The summed E-state index contributed by atoms with van der Waals surface area (Å²) in [4.78, 5) is 12.1. The number of carbonyl (C=O) groups is 1. The summed E-state index contributed by atoms with van der Waals surface area (Å²) in [6.45, 7) is 0.521. The summed E-state index contributed by atoms with van der Waals surface area (Å²) in [6, 6.07) is 21.6. The van der Waals surface area contributed by atoms with Gasteiger partial charge in [0.2, 0.25) is 0 Å². The highest BCUT2D eigenvalue weighted by molar-refractivity contribution is 6.04. The Balaban J connectivity index is 1.59. The predicted molar refractivity (Wildman–Crippen MR) is 104 cm³/mol. The second-order valence-electron chi connectivity index (χ2n) is 6.15. The number of carbonyl (C=O) groups excluding carboxylic acids is 1. The second-order valence-corrected chi connectivity index (χ2v) is 6.15. The molecule has 3 aromatic carbocycles. The molecule has 4 aromatic rings. The Hall–Kier alpha value is -3.60. The maximum atomic E-state index is 12.1. The van der Waals surface area contributed by atoms with Gasteiger partial charge in [0.15, 0.2) is 0 Å². The van der Waals surface area contributed by atoms with Crippen LogP contribution < -0.4 is 4.74 Å². The Bertz CT molecular complexity index is 1070. The summed E-state index contributed by atoms with van der Waals surface area (Å²) in [5, 5.41) is 7.74. The van der Waals surface area contributed by atoms with Gasteiger partial charge in [-0.2, -0.15) is 5.10 Å². The minimum absolute atomic E-state index is 0.395. The van der Waals surface area contributed by atoms with E-state index in [4.69, 9.17) is 9.47 Å². The highest BCUT2D eigenvalue weighted by Crippen LogP contribution is 2.28. The van der Waals surface area contributed by atoms with Crippen molar-refractivity contribution < 1.29 is 14.3 Å².